The minimum Gasteiger partial charge on any atom is -0.494 e. The summed E-state index contributed by atoms with van der Waals surface area (Å²) in [5, 5.41) is 0. The number of ether oxygens (including phenoxy) is 1. The van der Waals surface area contributed by atoms with Crippen molar-refractivity contribution in [2.24, 2.45) is 4.99 Å². The minimum absolute atomic E-state index is 0.137. The van der Waals surface area contributed by atoms with Gasteiger partial charge in [0.25, 0.3) is 11.4 Å². The topological polar surface area (TPSA) is 45.1 Å². The van der Waals surface area contributed by atoms with Crippen molar-refractivity contribution < 1.29 is 40.3 Å². The highest BCUT2D eigenvalue weighted by molar-refractivity contribution is 6.02. The lowest BCUT2D eigenvalue weighted by atomic mass is 9.93. The van der Waals surface area contributed by atoms with Gasteiger partial charge in [0.05, 0.1) is 6.61 Å². The summed E-state index contributed by atoms with van der Waals surface area (Å²) in [6, 6.07) is 9.17. The minimum atomic E-state index is -5.92. The number of aliphatic imine (C=N–C) groups is 1. The quantitative estimate of drug-likeness (QED) is 0.351. The van der Waals surface area contributed by atoms with Crippen LogP contribution in [-0.4, -0.2) is 66.3 Å². The molecule has 0 fully saturated rings. The van der Waals surface area contributed by atoms with Crippen LogP contribution in [0.25, 0.3) is 0 Å². The summed E-state index contributed by atoms with van der Waals surface area (Å²) in [7, 11) is 1.82. The van der Waals surface area contributed by atoms with Gasteiger partial charge in [0, 0.05) is 25.2 Å². The van der Waals surface area contributed by atoms with E-state index in [2.05, 4.69) is 4.99 Å². The highest BCUT2D eigenvalue weighted by Gasteiger charge is 2.79. The second-order valence-corrected chi connectivity index (χ2v) is 8.33. The van der Waals surface area contributed by atoms with Gasteiger partial charge in [0.15, 0.2) is 0 Å². The molecule has 1 atom stereocenters. The van der Waals surface area contributed by atoms with Crippen LogP contribution in [0.3, 0.4) is 0 Å². The van der Waals surface area contributed by atoms with Crippen LogP contribution in [-0.2, 0) is 0 Å². The van der Waals surface area contributed by atoms with Crippen LogP contribution in [0.1, 0.15) is 35.7 Å². The summed E-state index contributed by atoms with van der Waals surface area (Å²) in [4.78, 5) is 17.2. The van der Waals surface area contributed by atoms with Gasteiger partial charge in [-0.05, 0) is 55.0 Å². The molecule has 1 unspecified atom stereocenters. The van der Waals surface area contributed by atoms with Crippen molar-refractivity contribution in [3.05, 3.63) is 65.5 Å². The van der Waals surface area contributed by atoms with E-state index in [-0.39, 0.29) is 11.1 Å². The van der Waals surface area contributed by atoms with Crippen LogP contribution in [0.15, 0.2) is 53.5 Å². The number of hydrogen-bond acceptors (Lipinski definition) is 4. The van der Waals surface area contributed by atoms with Crippen LogP contribution in [0.2, 0.25) is 0 Å². The molecular weight excluding hydrogens is 495 g/mol. The van der Waals surface area contributed by atoms with Crippen molar-refractivity contribution in [3.8, 4) is 5.75 Å². The third kappa shape index (κ3) is 4.85. The number of nitrogens with zero attached hydrogens (tertiary/aromatic N) is 3. The van der Waals surface area contributed by atoms with E-state index in [0.717, 1.165) is 51.2 Å². The Bertz CT molecular complexity index is 1080. The van der Waals surface area contributed by atoms with Gasteiger partial charge in [0.2, 0.25) is 0 Å². The number of carbonyl (C=O) groups excluding carboxylic acids is 1. The van der Waals surface area contributed by atoms with Crippen molar-refractivity contribution in [2.45, 2.75) is 43.8 Å². The fourth-order valence-electron chi connectivity index (χ4n) is 4.03. The number of benzene rings is 2. The van der Waals surface area contributed by atoms with E-state index in [1.54, 1.807) is 0 Å². The predicted molar refractivity (Wildman–Crippen MR) is 118 cm³/mol. The first-order valence-corrected chi connectivity index (χ1v) is 11.0. The summed E-state index contributed by atoms with van der Waals surface area (Å²) in [6.07, 6.45) is -12.8. The maximum absolute atomic E-state index is 14.2. The molecule has 12 heteroatoms. The Morgan fingerprint density at radius 3 is 2.08 bits per heavy atom. The summed E-state index contributed by atoms with van der Waals surface area (Å²) >= 11 is 0. The normalized spacial score (nSPS) is 17.7. The van der Waals surface area contributed by atoms with Crippen LogP contribution < -0.4 is 4.74 Å². The molecule has 0 aromatic heterocycles. The smallest absolute Gasteiger partial charge is 0.426 e. The first kappa shape index (κ1) is 27.3. The summed E-state index contributed by atoms with van der Waals surface area (Å²) in [5.74, 6) is -2.10. The van der Waals surface area contributed by atoms with E-state index in [4.69, 9.17) is 4.74 Å². The van der Waals surface area contributed by atoms with Gasteiger partial charge in [-0.3, -0.25) is 4.79 Å². The van der Waals surface area contributed by atoms with Crippen LogP contribution in [0.5, 0.6) is 5.75 Å². The van der Waals surface area contributed by atoms with Crippen molar-refractivity contribution in [3.63, 3.8) is 0 Å². The van der Waals surface area contributed by atoms with Crippen molar-refractivity contribution in [1.29, 1.82) is 0 Å². The van der Waals surface area contributed by atoms with E-state index in [1.807, 2.05) is 6.92 Å². The van der Waals surface area contributed by atoms with Crippen molar-refractivity contribution in [2.75, 3.05) is 20.7 Å². The Kier molecular flexibility index (Phi) is 7.56. The first-order chi connectivity index (χ1) is 16.7. The molecule has 0 bridgehead atoms. The number of rotatable bonds is 7. The molecule has 0 aliphatic carbocycles. The SMILES string of the molecule is CCCCOc1ccc(C(=O)N(C)C2N(C)C(c3ccc(F)cc3)=NC2(C(F)(F)F)C(F)(F)F)cc1. The molecule has 0 N–H and O–H groups in total. The average Bonchev–Trinajstić information content (AvgIpc) is 3.13. The van der Waals surface area contributed by atoms with E-state index >= 15 is 0 Å². The van der Waals surface area contributed by atoms with Gasteiger partial charge in [0.1, 0.15) is 23.6 Å². The molecule has 0 radical (unpaired) electrons. The molecule has 0 spiro atoms. The molecule has 3 rings (SSSR count). The fourth-order valence-corrected chi connectivity index (χ4v) is 4.03. The number of likely N-dealkylation sites (N-methyl/N-ethyl adjacent to an activating group) is 2. The summed E-state index contributed by atoms with van der Waals surface area (Å²) in [6.45, 7) is 2.38. The van der Waals surface area contributed by atoms with E-state index in [9.17, 15) is 35.5 Å². The second kappa shape index (κ2) is 9.98. The predicted octanol–water partition coefficient (Wildman–Crippen LogP) is 5.66. The van der Waals surface area contributed by atoms with E-state index < -0.39 is 41.6 Å². The Hall–Kier alpha value is -3.31. The highest BCUT2D eigenvalue weighted by atomic mass is 19.4. The number of unbranched alkanes of at least 4 members (excludes halogenated alkanes) is 1. The third-order valence-corrected chi connectivity index (χ3v) is 5.88. The van der Waals surface area contributed by atoms with E-state index in [1.165, 1.54) is 24.3 Å². The summed E-state index contributed by atoms with van der Waals surface area (Å²) < 4.78 is 104. The second-order valence-electron chi connectivity index (χ2n) is 8.33. The molecule has 1 amide bonds. The van der Waals surface area contributed by atoms with E-state index in [0.29, 0.717) is 22.2 Å². The Labute approximate surface area is 203 Å². The molecule has 0 saturated heterocycles. The first-order valence-electron chi connectivity index (χ1n) is 11.0. The molecule has 1 heterocycles. The van der Waals surface area contributed by atoms with Crippen LogP contribution in [0, 0.1) is 5.82 Å². The molecule has 1 aliphatic heterocycles. The van der Waals surface area contributed by atoms with Crippen molar-refractivity contribution >= 4 is 11.7 Å². The Morgan fingerprint density at radius 1 is 1.03 bits per heavy atom. The number of amidine groups is 1. The lowest BCUT2D eigenvalue weighted by Crippen LogP contribution is -2.69. The highest BCUT2D eigenvalue weighted by Crippen LogP contribution is 2.53. The molecular formula is C24H24F7N3O2. The zero-order chi connectivity index (χ0) is 26.9. The number of amides is 1. The van der Waals surface area contributed by atoms with Gasteiger partial charge >= 0.3 is 12.4 Å². The lowest BCUT2D eigenvalue weighted by Gasteiger charge is -2.42. The van der Waals surface area contributed by atoms with Crippen LogP contribution in [0.4, 0.5) is 30.7 Å². The standard InChI is InChI=1S/C24H24F7N3O2/c1-4-5-14-36-18-12-8-16(9-13-18)20(35)34(3)21-22(23(26,27)28,24(29,30)31)32-19(33(21)2)15-6-10-17(25)11-7-15/h6-13,21H,4-5,14H2,1-3H3. The molecule has 1 aliphatic rings. The zero-order valence-electron chi connectivity index (χ0n) is 19.6. The van der Waals surface area contributed by atoms with Gasteiger partial charge < -0.3 is 14.5 Å². The number of carbonyl (C=O) groups is 1. The van der Waals surface area contributed by atoms with Gasteiger partial charge in [-0.2, -0.15) is 26.3 Å². The maximum atomic E-state index is 14.2. The largest absolute Gasteiger partial charge is 0.494 e. The zero-order valence-corrected chi connectivity index (χ0v) is 19.6. The number of halogens is 7. The monoisotopic (exact) mass is 519 g/mol. The van der Waals surface area contributed by atoms with Gasteiger partial charge in [-0.15, -0.1) is 0 Å². The third-order valence-electron chi connectivity index (χ3n) is 5.88. The van der Waals surface area contributed by atoms with Gasteiger partial charge in [-0.1, -0.05) is 13.3 Å². The molecule has 196 valence electrons. The molecule has 0 saturated carbocycles. The van der Waals surface area contributed by atoms with Crippen LogP contribution >= 0.6 is 0 Å². The maximum Gasteiger partial charge on any atom is 0.426 e. The summed E-state index contributed by atoms with van der Waals surface area (Å²) in [5.41, 5.74) is -4.96. The Morgan fingerprint density at radius 2 is 1.58 bits per heavy atom. The fraction of sp³-hybridized carbons (Fsp3) is 0.417. The molecule has 5 nitrogen and oxygen atoms in total. The molecule has 2 aromatic carbocycles. The Balaban J connectivity index is 2.04. The van der Waals surface area contributed by atoms with Gasteiger partial charge in [-0.25, -0.2) is 9.38 Å². The lowest BCUT2D eigenvalue weighted by molar-refractivity contribution is -0.311. The average molecular weight is 519 g/mol. The molecule has 36 heavy (non-hydrogen) atoms. The number of alkyl halides is 6. The number of hydrogen-bond donors (Lipinski definition) is 0. The molecule has 2 aromatic rings. The van der Waals surface area contributed by atoms with Crippen molar-refractivity contribution in [1.82, 2.24) is 9.80 Å².